The van der Waals surface area contributed by atoms with Gasteiger partial charge in [0.2, 0.25) is 5.91 Å². The zero-order valence-electron chi connectivity index (χ0n) is 27.5. The highest BCUT2D eigenvalue weighted by Gasteiger charge is 2.34. The Bertz CT molecular complexity index is 1870. The van der Waals surface area contributed by atoms with Crippen molar-refractivity contribution in [1.29, 1.82) is 0 Å². The number of pyridine rings is 1. The molecule has 0 bridgehead atoms. The molecule has 0 radical (unpaired) electrons. The fourth-order valence-electron chi connectivity index (χ4n) is 6.22. The number of allylic oxidation sites excluding steroid dienone is 2. The molecule has 0 atom stereocenters. The van der Waals surface area contributed by atoms with Gasteiger partial charge in [0.1, 0.15) is 29.4 Å². The van der Waals surface area contributed by atoms with E-state index in [0.717, 1.165) is 16.7 Å². The van der Waals surface area contributed by atoms with Crippen LogP contribution < -0.4 is 19.6 Å². The van der Waals surface area contributed by atoms with E-state index in [-0.39, 0.29) is 47.3 Å². The number of benzene rings is 2. The molecule has 5 rings (SSSR count). The number of piperazine rings is 1. The number of amides is 2. The third kappa shape index (κ3) is 6.58. The molecular formula is C35H39N3O9. The molecule has 1 aromatic heterocycles. The number of ether oxygens (including phenoxy) is 4. The van der Waals surface area contributed by atoms with Crippen LogP contribution in [0.25, 0.3) is 10.9 Å². The lowest BCUT2D eigenvalue weighted by atomic mass is 9.94. The molecule has 12 nitrogen and oxygen atoms in total. The molecule has 2 aromatic carbocycles. The van der Waals surface area contributed by atoms with Gasteiger partial charge in [-0.05, 0) is 50.8 Å². The van der Waals surface area contributed by atoms with Gasteiger partial charge in [0.05, 0.1) is 25.1 Å². The number of esters is 2. The Kier molecular flexibility index (Phi) is 9.69. The predicted molar refractivity (Wildman–Crippen MR) is 173 cm³/mol. The molecular weight excluding hydrogens is 606 g/mol. The van der Waals surface area contributed by atoms with Crippen LogP contribution >= 0.6 is 0 Å². The summed E-state index contributed by atoms with van der Waals surface area (Å²) in [6.45, 7) is 8.36. The minimum Gasteiger partial charge on any atom is -0.496 e. The summed E-state index contributed by atoms with van der Waals surface area (Å²) in [5.74, 6) is -0.297. The standard InChI is InChI=1S/C35H39N3O9/c1-19(7-10-23-32(45-6)21(3)24-18-46-35(43)30(24)33(23)47-22(4)39)8-12-28(41)37-13-15-38(16-14-37)34(42)25-17-26(40)29-20(2)9-11-27(44-5)31(29)36-25/h7,9,11,17H,8,10,12-16,18H2,1-6H3,(H,36,40)/b19-7+. The quantitative estimate of drug-likeness (QED) is 0.207. The van der Waals surface area contributed by atoms with Crippen molar-refractivity contribution < 1.29 is 38.1 Å². The van der Waals surface area contributed by atoms with Gasteiger partial charge in [-0.2, -0.15) is 0 Å². The van der Waals surface area contributed by atoms with Crippen LogP contribution in [0.3, 0.4) is 0 Å². The number of aromatic nitrogens is 1. The first-order chi connectivity index (χ1) is 22.4. The number of carbonyl (C=O) groups is 4. The van der Waals surface area contributed by atoms with Crippen molar-refractivity contribution >= 4 is 34.7 Å². The second-order valence-electron chi connectivity index (χ2n) is 11.8. The summed E-state index contributed by atoms with van der Waals surface area (Å²) in [5.41, 5.74) is 4.32. The number of H-pyrrole nitrogens is 1. The lowest BCUT2D eigenvalue weighted by Gasteiger charge is -2.34. The molecule has 2 aliphatic rings. The third-order valence-corrected chi connectivity index (χ3v) is 8.79. The first-order valence-corrected chi connectivity index (χ1v) is 15.5. The summed E-state index contributed by atoms with van der Waals surface area (Å²) in [6.07, 6.45) is 3.02. The van der Waals surface area contributed by atoms with E-state index in [9.17, 15) is 24.0 Å². The molecule has 1 N–H and O–H groups in total. The number of cyclic esters (lactones) is 1. The number of hydrogen-bond donors (Lipinski definition) is 1. The second kappa shape index (κ2) is 13.7. The highest BCUT2D eigenvalue weighted by Crippen LogP contribution is 2.43. The highest BCUT2D eigenvalue weighted by molar-refractivity contribution is 5.99. The first kappa shape index (κ1) is 33.2. The Morgan fingerprint density at radius 3 is 2.32 bits per heavy atom. The fourth-order valence-corrected chi connectivity index (χ4v) is 6.22. The molecule has 248 valence electrons. The van der Waals surface area contributed by atoms with Crippen LogP contribution in [0.15, 0.2) is 34.6 Å². The Balaban J connectivity index is 1.21. The van der Waals surface area contributed by atoms with E-state index >= 15 is 0 Å². The van der Waals surface area contributed by atoms with Gasteiger partial charge in [-0.3, -0.25) is 19.2 Å². The number of rotatable bonds is 9. The molecule has 3 aromatic rings. The average Bonchev–Trinajstić information content (AvgIpc) is 3.45. The minimum atomic E-state index is -0.562. The van der Waals surface area contributed by atoms with Crippen LogP contribution in [0.1, 0.15) is 69.8 Å². The Hall–Kier alpha value is -5.13. The molecule has 3 heterocycles. The number of hydrogen-bond acceptors (Lipinski definition) is 9. The van der Waals surface area contributed by atoms with Gasteiger partial charge >= 0.3 is 11.9 Å². The van der Waals surface area contributed by atoms with Gasteiger partial charge in [-0.25, -0.2) is 4.79 Å². The number of carbonyl (C=O) groups excluding carboxylic acids is 4. The molecule has 1 fully saturated rings. The summed E-state index contributed by atoms with van der Waals surface area (Å²) < 4.78 is 21.8. The minimum absolute atomic E-state index is 0.0292. The lowest BCUT2D eigenvalue weighted by molar-refractivity contribution is -0.133. The molecule has 0 saturated carbocycles. The summed E-state index contributed by atoms with van der Waals surface area (Å²) in [7, 11) is 3.03. The van der Waals surface area contributed by atoms with Crippen LogP contribution in [-0.2, 0) is 27.4 Å². The molecule has 2 amide bonds. The maximum absolute atomic E-state index is 13.3. The van der Waals surface area contributed by atoms with Crippen molar-refractivity contribution in [2.75, 3.05) is 40.4 Å². The number of nitrogens with one attached hydrogen (secondary N) is 1. The molecule has 0 aliphatic carbocycles. The SMILES string of the molecule is COc1c(C)c2c(c(OC(C)=O)c1C/C=C(\C)CCC(=O)N1CCN(C(=O)c3cc(=O)c4c(C)ccc(OC)c4[nH]3)CC1)C(=O)OC2. The molecule has 0 unspecified atom stereocenters. The molecule has 1 saturated heterocycles. The van der Waals surface area contributed by atoms with Crippen molar-refractivity contribution in [2.24, 2.45) is 0 Å². The van der Waals surface area contributed by atoms with Crippen molar-refractivity contribution in [3.05, 3.63) is 73.6 Å². The van der Waals surface area contributed by atoms with Gasteiger partial charge in [0, 0.05) is 56.7 Å². The number of aromatic amines is 1. The predicted octanol–water partition coefficient (Wildman–Crippen LogP) is 4.01. The zero-order valence-corrected chi connectivity index (χ0v) is 27.5. The zero-order chi connectivity index (χ0) is 34.0. The van der Waals surface area contributed by atoms with E-state index in [0.29, 0.717) is 72.5 Å². The van der Waals surface area contributed by atoms with Crippen LogP contribution in [0.4, 0.5) is 0 Å². The van der Waals surface area contributed by atoms with E-state index in [1.165, 1.54) is 27.2 Å². The van der Waals surface area contributed by atoms with Gasteiger partial charge in [-0.1, -0.05) is 17.7 Å². The monoisotopic (exact) mass is 645 g/mol. The van der Waals surface area contributed by atoms with Gasteiger partial charge in [0.25, 0.3) is 5.91 Å². The normalized spacial score (nSPS) is 14.6. The number of nitrogens with zero attached hydrogens (tertiary/aromatic N) is 2. The highest BCUT2D eigenvalue weighted by atomic mass is 16.6. The summed E-state index contributed by atoms with van der Waals surface area (Å²) >= 11 is 0. The third-order valence-electron chi connectivity index (χ3n) is 8.79. The largest absolute Gasteiger partial charge is 0.496 e. The molecule has 2 aliphatic heterocycles. The van der Waals surface area contributed by atoms with Crippen LogP contribution in [0, 0.1) is 13.8 Å². The number of fused-ring (bicyclic) bond motifs is 2. The Labute approximate surface area is 272 Å². The smallest absolute Gasteiger partial charge is 0.342 e. The first-order valence-electron chi connectivity index (χ1n) is 15.5. The molecule has 12 heteroatoms. The van der Waals surface area contributed by atoms with E-state index in [2.05, 4.69) is 4.98 Å². The topological polar surface area (TPSA) is 145 Å². The van der Waals surface area contributed by atoms with Crippen molar-refractivity contribution in [3.8, 4) is 17.2 Å². The van der Waals surface area contributed by atoms with Gasteiger partial charge in [-0.15, -0.1) is 0 Å². The van der Waals surface area contributed by atoms with Crippen molar-refractivity contribution in [1.82, 2.24) is 14.8 Å². The Morgan fingerprint density at radius 1 is 0.957 bits per heavy atom. The maximum atomic E-state index is 13.3. The van der Waals surface area contributed by atoms with Crippen LogP contribution in [-0.4, -0.2) is 78.9 Å². The maximum Gasteiger partial charge on any atom is 0.342 e. The lowest BCUT2D eigenvalue weighted by Crippen LogP contribution is -2.50. The fraction of sp³-hybridized carbons (Fsp3) is 0.400. The summed E-state index contributed by atoms with van der Waals surface area (Å²) in [4.78, 5) is 70.2. The van der Waals surface area contributed by atoms with Gasteiger partial charge in [0.15, 0.2) is 11.2 Å². The van der Waals surface area contributed by atoms with E-state index < -0.39 is 11.9 Å². The Morgan fingerprint density at radius 2 is 1.66 bits per heavy atom. The second-order valence-corrected chi connectivity index (χ2v) is 11.8. The van der Waals surface area contributed by atoms with Gasteiger partial charge < -0.3 is 33.7 Å². The number of aryl methyl sites for hydroxylation is 1. The summed E-state index contributed by atoms with van der Waals surface area (Å²) in [5, 5.41) is 0.483. The van der Waals surface area contributed by atoms with Crippen LogP contribution in [0.2, 0.25) is 0 Å². The van der Waals surface area contributed by atoms with E-state index in [1.807, 2.05) is 26.8 Å². The van der Waals surface area contributed by atoms with Crippen LogP contribution in [0.5, 0.6) is 17.2 Å². The van der Waals surface area contributed by atoms with E-state index in [4.69, 9.17) is 18.9 Å². The molecule has 0 spiro atoms. The molecule has 47 heavy (non-hydrogen) atoms. The number of methoxy groups -OCH3 is 2. The summed E-state index contributed by atoms with van der Waals surface area (Å²) in [6, 6.07) is 4.88. The van der Waals surface area contributed by atoms with Crippen molar-refractivity contribution in [3.63, 3.8) is 0 Å². The van der Waals surface area contributed by atoms with Crippen molar-refractivity contribution in [2.45, 2.75) is 53.6 Å². The van der Waals surface area contributed by atoms with E-state index in [1.54, 1.807) is 21.9 Å². The average molecular weight is 646 g/mol.